The molecule has 130 valence electrons. The van der Waals surface area contributed by atoms with Gasteiger partial charge in [-0.15, -0.1) is 0 Å². The summed E-state index contributed by atoms with van der Waals surface area (Å²) in [6, 6.07) is 11.9. The molecule has 2 aromatic heterocycles. The third-order valence-corrected chi connectivity index (χ3v) is 3.04. The van der Waals surface area contributed by atoms with E-state index in [0.29, 0.717) is 5.95 Å². The van der Waals surface area contributed by atoms with Crippen molar-refractivity contribution < 1.29 is 23.1 Å². The monoisotopic (exact) mass is 350 g/mol. The van der Waals surface area contributed by atoms with Crippen LogP contribution in [0.25, 0.3) is 22.2 Å². The van der Waals surface area contributed by atoms with Gasteiger partial charge >= 0.3 is 12.1 Å². The van der Waals surface area contributed by atoms with Gasteiger partial charge in [0.25, 0.3) is 0 Å². The fourth-order valence-corrected chi connectivity index (χ4v) is 2.06. The molecule has 0 saturated heterocycles. The Morgan fingerprint density at radius 3 is 2.44 bits per heavy atom. The molecular formula is C16H13F3N4O2. The molecule has 0 amide bonds. The molecule has 2 heterocycles. The number of alkyl halides is 3. The summed E-state index contributed by atoms with van der Waals surface area (Å²) in [5.41, 5.74) is 9.37. The van der Waals surface area contributed by atoms with Gasteiger partial charge in [0.05, 0.1) is 11.2 Å². The van der Waals surface area contributed by atoms with Gasteiger partial charge in [-0.3, -0.25) is 4.98 Å². The Hall–Kier alpha value is -3.23. The lowest BCUT2D eigenvalue weighted by molar-refractivity contribution is -0.192. The van der Waals surface area contributed by atoms with E-state index in [4.69, 9.17) is 15.6 Å². The molecule has 3 N–H and O–H groups in total. The molecule has 0 aliphatic heterocycles. The smallest absolute Gasteiger partial charge is 0.475 e. The van der Waals surface area contributed by atoms with E-state index in [1.165, 1.54) is 0 Å². The number of aliphatic carboxylic acids is 1. The zero-order valence-electron chi connectivity index (χ0n) is 12.9. The van der Waals surface area contributed by atoms with Crippen molar-refractivity contribution in [3.05, 3.63) is 48.3 Å². The van der Waals surface area contributed by atoms with Crippen molar-refractivity contribution in [2.24, 2.45) is 0 Å². The number of benzene rings is 1. The number of anilines is 1. The molecule has 3 aromatic rings. The van der Waals surface area contributed by atoms with Gasteiger partial charge in [-0.25, -0.2) is 14.8 Å². The standard InChI is InChI=1S/C14H12N4.C2HF3O2/c1-9-8-13(18-14(15)17-9)11-4-2-6-12-10(11)5-3-7-16-12;3-2(4,5)1(6)7/h2-8H,1H3,(H2,15,17,18);(H,6,7). The third-order valence-electron chi connectivity index (χ3n) is 3.04. The van der Waals surface area contributed by atoms with E-state index in [0.717, 1.165) is 27.9 Å². The van der Waals surface area contributed by atoms with E-state index >= 15 is 0 Å². The maximum Gasteiger partial charge on any atom is 0.490 e. The molecule has 0 fully saturated rings. The minimum Gasteiger partial charge on any atom is -0.475 e. The Kier molecular flexibility index (Phi) is 5.16. The summed E-state index contributed by atoms with van der Waals surface area (Å²) in [4.78, 5) is 21.6. The van der Waals surface area contributed by atoms with Crippen molar-refractivity contribution in [1.29, 1.82) is 0 Å². The van der Waals surface area contributed by atoms with Crippen LogP contribution < -0.4 is 5.73 Å². The van der Waals surface area contributed by atoms with E-state index in [9.17, 15) is 13.2 Å². The van der Waals surface area contributed by atoms with E-state index < -0.39 is 12.1 Å². The number of rotatable bonds is 1. The van der Waals surface area contributed by atoms with E-state index in [1.807, 2.05) is 43.3 Å². The van der Waals surface area contributed by atoms with Crippen LogP contribution in [0, 0.1) is 6.92 Å². The number of hydrogen-bond donors (Lipinski definition) is 2. The van der Waals surface area contributed by atoms with Gasteiger partial charge in [0.2, 0.25) is 5.95 Å². The SMILES string of the molecule is Cc1cc(-c2cccc3ncccc23)nc(N)n1.O=C(O)C(F)(F)F. The van der Waals surface area contributed by atoms with E-state index in [2.05, 4.69) is 15.0 Å². The molecule has 0 aliphatic rings. The minimum absolute atomic E-state index is 0.297. The maximum atomic E-state index is 10.6. The first-order chi connectivity index (χ1) is 11.7. The van der Waals surface area contributed by atoms with Crippen LogP contribution in [0.4, 0.5) is 19.1 Å². The molecule has 0 radical (unpaired) electrons. The van der Waals surface area contributed by atoms with Gasteiger partial charge < -0.3 is 10.8 Å². The highest BCUT2D eigenvalue weighted by atomic mass is 19.4. The van der Waals surface area contributed by atoms with Crippen molar-refractivity contribution in [1.82, 2.24) is 15.0 Å². The van der Waals surface area contributed by atoms with Crippen molar-refractivity contribution in [2.45, 2.75) is 13.1 Å². The molecule has 0 aliphatic carbocycles. The molecule has 1 aromatic carbocycles. The van der Waals surface area contributed by atoms with Gasteiger partial charge in [-0.1, -0.05) is 18.2 Å². The van der Waals surface area contributed by atoms with Crippen molar-refractivity contribution >= 4 is 22.8 Å². The summed E-state index contributed by atoms with van der Waals surface area (Å²) >= 11 is 0. The number of nitrogens with two attached hydrogens (primary N) is 1. The molecule has 25 heavy (non-hydrogen) atoms. The summed E-state index contributed by atoms with van der Waals surface area (Å²) < 4.78 is 31.7. The van der Waals surface area contributed by atoms with Crippen LogP contribution in [0.2, 0.25) is 0 Å². The molecule has 0 saturated carbocycles. The predicted molar refractivity (Wildman–Crippen MR) is 85.6 cm³/mol. The summed E-state index contributed by atoms with van der Waals surface area (Å²) in [6.07, 6.45) is -3.30. The second-order valence-electron chi connectivity index (χ2n) is 4.93. The summed E-state index contributed by atoms with van der Waals surface area (Å²) in [5, 5.41) is 8.19. The van der Waals surface area contributed by atoms with Crippen LogP contribution in [-0.2, 0) is 4.79 Å². The molecule has 0 unspecified atom stereocenters. The van der Waals surface area contributed by atoms with E-state index in [1.54, 1.807) is 6.20 Å². The Morgan fingerprint density at radius 1 is 1.16 bits per heavy atom. The number of aromatic nitrogens is 3. The highest BCUT2D eigenvalue weighted by Gasteiger charge is 2.38. The zero-order chi connectivity index (χ0) is 18.6. The van der Waals surface area contributed by atoms with Gasteiger partial charge in [-0.05, 0) is 25.1 Å². The number of carbonyl (C=O) groups is 1. The second kappa shape index (κ2) is 7.12. The second-order valence-corrected chi connectivity index (χ2v) is 4.93. The van der Waals surface area contributed by atoms with Gasteiger partial charge in [0.1, 0.15) is 0 Å². The molecule has 0 atom stereocenters. The Labute approximate surface area is 140 Å². The van der Waals surface area contributed by atoms with E-state index in [-0.39, 0.29) is 0 Å². The Morgan fingerprint density at radius 2 is 1.84 bits per heavy atom. The number of hydrogen-bond acceptors (Lipinski definition) is 5. The number of pyridine rings is 1. The normalized spacial score (nSPS) is 10.9. The minimum atomic E-state index is -5.08. The van der Waals surface area contributed by atoms with Crippen LogP contribution in [-0.4, -0.2) is 32.2 Å². The predicted octanol–water partition coefficient (Wildman–Crippen LogP) is 3.22. The van der Waals surface area contributed by atoms with Crippen LogP contribution >= 0.6 is 0 Å². The largest absolute Gasteiger partial charge is 0.490 e. The summed E-state index contributed by atoms with van der Waals surface area (Å²) in [6.45, 7) is 1.91. The molecular weight excluding hydrogens is 337 g/mol. The molecule has 0 spiro atoms. The molecule has 9 heteroatoms. The first-order valence-corrected chi connectivity index (χ1v) is 6.94. The number of nitrogens with zero attached hydrogens (tertiary/aromatic N) is 3. The first-order valence-electron chi connectivity index (χ1n) is 6.94. The van der Waals surface area contributed by atoms with Crippen LogP contribution in [0.5, 0.6) is 0 Å². The average Bonchev–Trinajstić information content (AvgIpc) is 2.53. The van der Waals surface area contributed by atoms with Crippen molar-refractivity contribution in [3.8, 4) is 11.3 Å². The quantitative estimate of drug-likeness (QED) is 0.699. The zero-order valence-corrected chi connectivity index (χ0v) is 12.9. The first kappa shape index (κ1) is 18.1. The van der Waals surface area contributed by atoms with Gasteiger partial charge in [0.15, 0.2) is 0 Å². The highest BCUT2D eigenvalue weighted by Crippen LogP contribution is 2.26. The van der Waals surface area contributed by atoms with Gasteiger partial charge in [-0.2, -0.15) is 13.2 Å². The average molecular weight is 350 g/mol. The number of halogens is 3. The summed E-state index contributed by atoms with van der Waals surface area (Å²) in [5.74, 6) is -2.46. The number of carboxylic acids is 1. The Balaban J connectivity index is 0.000000277. The van der Waals surface area contributed by atoms with Gasteiger partial charge in [0, 0.05) is 22.8 Å². The molecule has 3 rings (SSSR count). The maximum absolute atomic E-state index is 10.6. The molecule has 0 bridgehead atoms. The lowest BCUT2D eigenvalue weighted by Crippen LogP contribution is -2.21. The lowest BCUT2D eigenvalue weighted by atomic mass is 10.0. The molecule has 6 nitrogen and oxygen atoms in total. The van der Waals surface area contributed by atoms with Crippen LogP contribution in [0.1, 0.15) is 5.69 Å². The fourth-order valence-electron chi connectivity index (χ4n) is 2.06. The highest BCUT2D eigenvalue weighted by molar-refractivity contribution is 5.93. The lowest BCUT2D eigenvalue weighted by Gasteiger charge is -2.06. The number of carboxylic acid groups (broad SMARTS) is 1. The Bertz CT molecular complexity index is 888. The van der Waals surface area contributed by atoms with Crippen LogP contribution in [0.3, 0.4) is 0 Å². The van der Waals surface area contributed by atoms with Crippen molar-refractivity contribution in [3.63, 3.8) is 0 Å². The number of fused-ring (bicyclic) bond motifs is 1. The fraction of sp³-hybridized carbons (Fsp3) is 0.125. The number of aryl methyl sites for hydroxylation is 1. The third kappa shape index (κ3) is 4.63. The van der Waals surface area contributed by atoms with Crippen molar-refractivity contribution in [2.75, 3.05) is 5.73 Å². The summed E-state index contributed by atoms with van der Waals surface area (Å²) in [7, 11) is 0. The topological polar surface area (TPSA) is 102 Å². The number of nitrogen functional groups attached to an aromatic ring is 1. The van der Waals surface area contributed by atoms with Crippen LogP contribution in [0.15, 0.2) is 42.6 Å².